The lowest BCUT2D eigenvalue weighted by atomic mass is 10.2. The molecular weight excluding hydrogens is 294 g/mol. The van der Waals surface area contributed by atoms with Gasteiger partial charge in [-0.15, -0.1) is 0 Å². The third kappa shape index (κ3) is 3.95. The Hall–Kier alpha value is -1.66. The van der Waals surface area contributed by atoms with Gasteiger partial charge in [-0.05, 0) is 24.3 Å². The van der Waals surface area contributed by atoms with Gasteiger partial charge in [-0.3, -0.25) is 0 Å². The zero-order valence-electron chi connectivity index (χ0n) is 13.4. The molecule has 0 unspecified atom stereocenters. The lowest BCUT2D eigenvalue weighted by molar-refractivity contribution is 0.124. The van der Waals surface area contributed by atoms with E-state index >= 15 is 0 Å². The van der Waals surface area contributed by atoms with Crippen LogP contribution in [0.5, 0.6) is 0 Å². The first-order valence-electron chi connectivity index (χ1n) is 7.28. The Bertz CT molecular complexity index is 499. The zero-order chi connectivity index (χ0) is 15.8. The molecule has 0 N–H and O–H groups in total. The second-order valence-electron chi connectivity index (χ2n) is 4.87. The van der Waals surface area contributed by atoms with Crippen LogP contribution in [0.1, 0.15) is 0 Å². The summed E-state index contributed by atoms with van der Waals surface area (Å²) in [6.07, 6.45) is 0. The van der Waals surface area contributed by atoms with E-state index in [2.05, 4.69) is 29.2 Å². The van der Waals surface area contributed by atoms with Crippen LogP contribution in [-0.2, 0) is 13.3 Å². The molecule has 0 aliphatic heterocycles. The molecule has 2 aromatic rings. The molecular formula is C17H23NO3Si. The molecule has 0 aromatic heterocycles. The smallest absolute Gasteiger partial charge is 0.377 e. The van der Waals surface area contributed by atoms with E-state index < -0.39 is 8.80 Å². The monoisotopic (exact) mass is 317 g/mol. The summed E-state index contributed by atoms with van der Waals surface area (Å²) in [4.78, 5) is 2.25. The van der Waals surface area contributed by atoms with Gasteiger partial charge in [0.25, 0.3) is 0 Å². The van der Waals surface area contributed by atoms with Crippen LogP contribution in [0.15, 0.2) is 60.7 Å². The summed E-state index contributed by atoms with van der Waals surface area (Å²) in [6, 6.07) is 21.3. The molecule has 0 aliphatic rings. The molecule has 0 bridgehead atoms. The van der Waals surface area contributed by atoms with Crippen LogP contribution < -0.4 is 4.90 Å². The van der Waals surface area contributed by atoms with E-state index in [9.17, 15) is 0 Å². The Balaban J connectivity index is 2.23. The van der Waals surface area contributed by atoms with E-state index in [0.29, 0.717) is 6.04 Å². The zero-order valence-corrected chi connectivity index (χ0v) is 14.4. The molecule has 0 amide bonds. The Morgan fingerprint density at radius 2 is 1.14 bits per heavy atom. The molecule has 5 heteroatoms. The SMILES string of the molecule is CO[Si](CCN(c1ccccc1)c1ccccc1)(OC)OC. The van der Waals surface area contributed by atoms with Crippen LogP contribution in [0.4, 0.5) is 11.4 Å². The molecule has 4 nitrogen and oxygen atoms in total. The van der Waals surface area contributed by atoms with Gasteiger partial charge in [0.1, 0.15) is 0 Å². The molecule has 0 heterocycles. The Morgan fingerprint density at radius 3 is 1.50 bits per heavy atom. The first kappa shape index (κ1) is 16.7. The van der Waals surface area contributed by atoms with Crippen LogP contribution in [-0.4, -0.2) is 36.7 Å². The van der Waals surface area contributed by atoms with Crippen molar-refractivity contribution in [2.75, 3.05) is 32.8 Å². The van der Waals surface area contributed by atoms with E-state index in [0.717, 1.165) is 17.9 Å². The maximum atomic E-state index is 5.53. The highest BCUT2D eigenvalue weighted by molar-refractivity contribution is 6.60. The molecule has 0 aliphatic carbocycles. The van der Waals surface area contributed by atoms with E-state index in [1.807, 2.05) is 36.4 Å². The summed E-state index contributed by atoms with van der Waals surface area (Å²) in [7, 11) is 2.35. The lowest BCUT2D eigenvalue weighted by Crippen LogP contribution is -2.45. The summed E-state index contributed by atoms with van der Waals surface area (Å²) < 4.78 is 16.6. The molecule has 0 saturated heterocycles. The minimum absolute atomic E-state index is 0.709. The molecule has 118 valence electrons. The van der Waals surface area contributed by atoms with Crippen molar-refractivity contribution in [2.24, 2.45) is 0 Å². The highest BCUT2D eigenvalue weighted by Gasteiger charge is 2.38. The van der Waals surface area contributed by atoms with Gasteiger partial charge in [0.15, 0.2) is 0 Å². The van der Waals surface area contributed by atoms with Crippen molar-refractivity contribution in [3.8, 4) is 0 Å². The van der Waals surface area contributed by atoms with Gasteiger partial charge in [0, 0.05) is 45.3 Å². The van der Waals surface area contributed by atoms with Gasteiger partial charge >= 0.3 is 8.80 Å². The molecule has 0 spiro atoms. The molecule has 0 saturated carbocycles. The summed E-state index contributed by atoms with van der Waals surface area (Å²) in [5.41, 5.74) is 2.28. The molecule has 2 rings (SSSR count). The predicted octanol–water partition coefficient (Wildman–Crippen LogP) is 3.70. The van der Waals surface area contributed by atoms with Gasteiger partial charge in [-0.25, -0.2) is 0 Å². The fourth-order valence-electron chi connectivity index (χ4n) is 2.43. The predicted molar refractivity (Wildman–Crippen MR) is 91.5 cm³/mol. The minimum atomic E-state index is -2.59. The van der Waals surface area contributed by atoms with Crippen LogP contribution in [0.3, 0.4) is 0 Å². The Labute approximate surface area is 133 Å². The number of nitrogens with zero attached hydrogens (tertiary/aromatic N) is 1. The molecule has 0 fully saturated rings. The Kier molecular flexibility index (Phi) is 6.15. The van der Waals surface area contributed by atoms with Crippen LogP contribution in [0.2, 0.25) is 6.04 Å². The van der Waals surface area contributed by atoms with Crippen molar-refractivity contribution in [3.05, 3.63) is 60.7 Å². The van der Waals surface area contributed by atoms with Crippen molar-refractivity contribution < 1.29 is 13.3 Å². The van der Waals surface area contributed by atoms with Gasteiger partial charge in [0.2, 0.25) is 0 Å². The fraction of sp³-hybridized carbons (Fsp3) is 0.294. The molecule has 22 heavy (non-hydrogen) atoms. The minimum Gasteiger partial charge on any atom is -0.377 e. The second kappa shape index (κ2) is 8.10. The van der Waals surface area contributed by atoms with Crippen molar-refractivity contribution in [1.82, 2.24) is 0 Å². The maximum absolute atomic E-state index is 5.53. The van der Waals surface area contributed by atoms with Gasteiger partial charge < -0.3 is 18.2 Å². The van der Waals surface area contributed by atoms with Gasteiger partial charge in [-0.2, -0.15) is 0 Å². The number of benzene rings is 2. The third-order valence-corrected chi connectivity index (χ3v) is 6.41. The van der Waals surface area contributed by atoms with Gasteiger partial charge in [-0.1, -0.05) is 36.4 Å². The van der Waals surface area contributed by atoms with Crippen molar-refractivity contribution in [2.45, 2.75) is 6.04 Å². The summed E-state index contributed by atoms with van der Waals surface area (Å²) >= 11 is 0. The standard InChI is InChI=1S/C17H23NO3Si/c1-19-22(20-2,21-3)15-14-18(16-10-6-4-7-11-16)17-12-8-5-9-13-17/h4-13H,14-15H2,1-3H3. The number of rotatable bonds is 8. The topological polar surface area (TPSA) is 30.9 Å². The normalized spacial score (nSPS) is 11.4. The summed E-state index contributed by atoms with van der Waals surface area (Å²) in [5.74, 6) is 0. The van der Waals surface area contributed by atoms with Crippen LogP contribution in [0.25, 0.3) is 0 Å². The molecule has 2 aromatic carbocycles. The number of hydrogen-bond acceptors (Lipinski definition) is 4. The van der Waals surface area contributed by atoms with Crippen LogP contribution in [0, 0.1) is 0 Å². The maximum Gasteiger partial charge on any atom is 0.501 e. The summed E-state index contributed by atoms with van der Waals surface area (Å²) in [5, 5.41) is 0. The molecule has 0 radical (unpaired) electrons. The van der Waals surface area contributed by atoms with Gasteiger partial charge in [0.05, 0.1) is 0 Å². The van der Waals surface area contributed by atoms with E-state index in [-0.39, 0.29) is 0 Å². The van der Waals surface area contributed by atoms with E-state index in [1.165, 1.54) is 0 Å². The van der Waals surface area contributed by atoms with Crippen molar-refractivity contribution >= 4 is 20.2 Å². The van der Waals surface area contributed by atoms with Crippen LogP contribution >= 0.6 is 0 Å². The van der Waals surface area contributed by atoms with E-state index in [1.54, 1.807) is 21.3 Å². The number of anilines is 2. The second-order valence-corrected chi connectivity index (χ2v) is 7.96. The van der Waals surface area contributed by atoms with E-state index in [4.69, 9.17) is 13.3 Å². The highest BCUT2D eigenvalue weighted by atomic mass is 28.4. The first-order valence-corrected chi connectivity index (χ1v) is 9.21. The number of hydrogen-bond donors (Lipinski definition) is 0. The van der Waals surface area contributed by atoms with Crippen molar-refractivity contribution in [1.29, 1.82) is 0 Å². The highest BCUT2D eigenvalue weighted by Crippen LogP contribution is 2.26. The number of para-hydroxylation sites is 2. The van der Waals surface area contributed by atoms with Crippen molar-refractivity contribution in [3.63, 3.8) is 0 Å². The Morgan fingerprint density at radius 1 is 0.727 bits per heavy atom. The third-order valence-electron chi connectivity index (χ3n) is 3.71. The summed E-state index contributed by atoms with van der Waals surface area (Å²) in [6.45, 7) is 0.760. The average molecular weight is 317 g/mol. The largest absolute Gasteiger partial charge is 0.501 e. The average Bonchev–Trinajstić information content (AvgIpc) is 2.61. The lowest BCUT2D eigenvalue weighted by Gasteiger charge is -2.30. The quantitative estimate of drug-likeness (QED) is 0.695. The first-order chi connectivity index (χ1) is 10.7. The molecule has 0 atom stereocenters. The fourth-order valence-corrected chi connectivity index (χ4v) is 4.04.